The summed E-state index contributed by atoms with van der Waals surface area (Å²) >= 11 is 0. The molecule has 0 aliphatic heterocycles. The molecule has 0 unspecified atom stereocenters. The van der Waals surface area contributed by atoms with Crippen LogP contribution in [0.2, 0.25) is 0 Å². The summed E-state index contributed by atoms with van der Waals surface area (Å²) in [5.41, 5.74) is 6.44. The summed E-state index contributed by atoms with van der Waals surface area (Å²) in [5, 5.41) is 0. The normalized spacial score (nSPS) is 30.5. The molecule has 0 spiro atoms. The van der Waals surface area contributed by atoms with Crippen LogP contribution in [-0.2, 0) is 0 Å². The molecule has 0 atom stereocenters. The van der Waals surface area contributed by atoms with Crippen molar-refractivity contribution in [1.29, 1.82) is 0 Å². The van der Waals surface area contributed by atoms with Gasteiger partial charge in [0, 0.05) is 6.04 Å². The van der Waals surface area contributed by atoms with Gasteiger partial charge in [0.05, 0.1) is 0 Å². The van der Waals surface area contributed by atoms with E-state index in [1.54, 1.807) is 0 Å². The molecule has 0 amide bonds. The third kappa shape index (κ3) is 3.68. The molecule has 0 heterocycles. The van der Waals surface area contributed by atoms with Gasteiger partial charge in [-0.1, -0.05) is 27.2 Å². The van der Waals surface area contributed by atoms with Crippen molar-refractivity contribution < 1.29 is 0 Å². The molecule has 78 valence electrons. The molecule has 0 saturated heterocycles. The van der Waals surface area contributed by atoms with E-state index in [2.05, 4.69) is 20.8 Å². The van der Waals surface area contributed by atoms with E-state index in [4.69, 9.17) is 5.73 Å². The van der Waals surface area contributed by atoms with Gasteiger partial charge in [-0.15, -0.1) is 0 Å². The van der Waals surface area contributed by atoms with Crippen molar-refractivity contribution in [3.05, 3.63) is 0 Å². The Morgan fingerprint density at radius 3 is 2.15 bits per heavy atom. The van der Waals surface area contributed by atoms with Crippen LogP contribution in [0.5, 0.6) is 0 Å². The molecule has 1 saturated carbocycles. The van der Waals surface area contributed by atoms with E-state index in [0.29, 0.717) is 11.5 Å². The lowest BCUT2D eigenvalue weighted by atomic mass is 9.74. The Balaban J connectivity index is 2.30. The fourth-order valence-corrected chi connectivity index (χ4v) is 2.32. The highest BCUT2D eigenvalue weighted by Gasteiger charge is 2.24. The molecule has 1 aliphatic rings. The largest absolute Gasteiger partial charge is 0.328 e. The zero-order chi connectivity index (χ0) is 9.90. The molecule has 1 fully saturated rings. The molecule has 0 bridgehead atoms. The van der Waals surface area contributed by atoms with Gasteiger partial charge in [0.25, 0.3) is 0 Å². The predicted octanol–water partition coefficient (Wildman–Crippen LogP) is 3.33. The Morgan fingerprint density at radius 1 is 1.15 bits per heavy atom. The lowest BCUT2D eigenvalue weighted by molar-refractivity contribution is 0.207. The summed E-state index contributed by atoms with van der Waals surface area (Å²) < 4.78 is 0. The monoisotopic (exact) mass is 183 g/mol. The van der Waals surface area contributed by atoms with Gasteiger partial charge in [-0.05, 0) is 43.4 Å². The molecule has 0 aromatic heterocycles. The average Bonchev–Trinajstić information content (AvgIpc) is 2.09. The number of rotatable bonds is 3. The lowest BCUT2D eigenvalue weighted by Gasteiger charge is -2.32. The highest BCUT2D eigenvalue weighted by atomic mass is 14.6. The maximum atomic E-state index is 5.89. The quantitative estimate of drug-likeness (QED) is 0.713. The molecule has 13 heavy (non-hydrogen) atoms. The van der Waals surface area contributed by atoms with E-state index in [1.165, 1.54) is 38.5 Å². The van der Waals surface area contributed by atoms with Gasteiger partial charge in [0.15, 0.2) is 0 Å². The Morgan fingerprint density at radius 2 is 1.69 bits per heavy atom. The summed E-state index contributed by atoms with van der Waals surface area (Å²) in [7, 11) is 0. The highest BCUT2D eigenvalue weighted by molar-refractivity contribution is 4.79. The summed E-state index contributed by atoms with van der Waals surface area (Å²) in [6, 6.07) is 0.501. The van der Waals surface area contributed by atoms with E-state index in [-0.39, 0.29) is 0 Å². The van der Waals surface area contributed by atoms with Crippen molar-refractivity contribution in [2.24, 2.45) is 17.1 Å². The fourth-order valence-electron chi connectivity index (χ4n) is 2.32. The first-order valence-electron chi connectivity index (χ1n) is 5.79. The van der Waals surface area contributed by atoms with Crippen LogP contribution in [0.25, 0.3) is 0 Å². The molecule has 1 aliphatic carbocycles. The minimum atomic E-state index is 0.501. The van der Waals surface area contributed by atoms with E-state index < -0.39 is 0 Å². The summed E-state index contributed by atoms with van der Waals surface area (Å²) in [5.74, 6) is 0.953. The molecular formula is C12H25N. The second-order valence-electron chi connectivity index (χ2n) is 5.50. The standard InChI is InChI=1S/C12H25N/c1-4-12(2,3)9-10-5-7-11(13)8-6-10/h10-11H,4-9,13H2,1-3H3. The van der Waals surface area contributed by atoms with Gasteiger partial charge < -0.3 is 5.73 Å². The van der Waals surface area contributed by atoms with Crippen LogP contribution in [0, 0.1) is 11.3 Å². The van der Waals surface area contributed by atoms with Crippen molar-refractivity contribution in [2.75, 3.05) is 0 Å². The van der Waals surface area contributed by atoms with Crippen LogP contribution in [0.3, 0.4) is 0 Å². The lowest BCUT2D eigenvalue weighted by Crippen LogP contribution is -2.28. The summed E-state index contributed by atoms with van der Waals surface area (Å²) in [4.78, 5) is 0. The van der Waals surface area contributed by atoms with E-state index in [0.717, 1.165) is 5.92 Å². The second-order valence-corrected chi connectivity index (χ2v) is 5.50. The van der Waals surface area contributed by atoms with Crippen LogP contribution in [0.1, 0.15) is 59.3 Å². The van der Waals surface area contributed by atoms with Crippen LogP contribution in [0.4, 0.5) is 0 Å². The predicted molar refractivity (Wildman–Crippen MR) is 58.6 cm³/mol. The Kier molecular flexibility index (Phi) is 3.78. The second kappa shape index (κ2) is 4.45. The molecule has 1 nitrogen and oxygen atoms in total. The number of hydrogen-bond donors (Lipinski definition) is 1. The van der Waals surface area contributed by atoms with Gasteiger partial charge in [-0.25, -0.2) is 0 Å². The SMILES string of the molecule is CCC(C)(C)CC1CCC(N)CC1. The van der Waals surface area contributed by atoms with Crippen LogP contribution in [-0.4, -0.2) is 6.04 Å². The van der Waals surface area contributed by atoms with Gasteiger partial charge in [-0.3, -0.25) is 0 Å². The third-order valence-electron chi connectivity index (χ3n) is 3.69. The van der Waals surface area contributed by atoms with Crippen LogP contribution >= 0.6 is 0 Å². The van der Waals surface area contributed by atoms with Gasteiger partial charge in [-0.2, -0.15) is 0 Å². The zero-order valence-electron chi connectivity index (χ0n) is 9.47. The van der Waals surface area contributed by atoms with Crippen molar-refractivity contribution in [2.45, 2.75) is 65.3 Å². The molecule has 2 N–H and O–H groups in total. The summed E-state index contributed by atoms with van der Waals surface area (Å²) in [6.45, 7) is 7.08. The van der Waals surface area contributed by atoms with Gasteiger partial charge in [0.2, 0.25) is 0 Å². The minimum Gasteiger partial charge on any atom is -0.328 e. The fraction of sp³-hybridized carbons (Fsp3) is 1.00. The highest BCUT2D eigenvalue weighted by Crippen LogP contribution is 2.35. The topological polar surface area (TPSA) is 26.0 Å². The van der Waals surface area contributed by atoms with Crippen LogP contribution < -0.4 is 5.73 Å². The minimum absolute atomic E-state index is 0.501. The molecular weight excluding hydrogens is 158 g/mol. The zero-order valence-corrected chi connectivity index (χ0v) is 9.47. The first-order valence-corrected chi connectivity index (χ1v) is 5.79. The first kappa shape index (κ1) is 11.0. The maximum absolute atomic E-state index is 5.89. The Hall–Kier alpha value is -0.0400. The van der Waals surface area contributed by atoms with Crippen LogP contribution in [0.15, 0.2) is 0 Å². The number of nitrogens with two attached hydrogens (primary N) is 1. The Bertz CT molecular complexity index is 143. The van der Waals surface area contributed by atoms with Crippen molar-refractivity contribution in [3.63, 3.8) is 0 Å². The molecule has 0 aromatic rings. The molecule has 0 aromatic carbocycles. The average molecular weight is 183 g/mol. The molecule has 0 radical (unpaired) electrons. The summed E-state index contributed by atoms with van der Waals surface area (Å²) in [6.07, 6.45) is 7.94. The molecule has 1 heteroatoms. The third-order valence-corrected chi connectivity index (χ3v) is 3.69. The van der Waals surface area contributed by atoms with Gasteiger partial charge >= 0.3 is 0 Å². The van der Waals surface area contributed by atoms with Crippen molar-refractivity contribution >= 4 is 0 Å². The van der Waals surface area contributed by atoms with Crippen molar-refractivity contribution in [3.8, 4) is 0 Å². The Labute approximate surface area is 83.1 Å². The van der Waals surface area contributed by atoms with E-state index in [1.807, 2.05) is 0 Å². The maximum Gasteiger partial charge on any atom is 0.00390 e. The van der Waals surface area contributed by atoms with Crippen molar-refractivity contribution in [1.82, 2.24) is 0 Å². The van der Waals surface area contributed by atoms with E-state index >= 15 is 0 Å². The van der Waals surface area contributed by atoms with E-state index in [9.17, 15) is 0 Å². The van der Waals surface area contributed by atoms with Gasteiger partial charge in [0.1, 0.15) is 0 Å². The first-order chi connectivity index (χ1) is 6.03. The molecule has 1 rings (SSSR count). The smallest absolute Gasteiger partial charge is 0.00390 e. The number of hydrogen-bond acceptors (Lipinski definition) is 1.